The highest BCUT2D eigenvalue weighted by atomic mass is 16.5. The number of allylic oxidation sites excluding steroid dienone is 4. The first-order valence-corrected chi connectivity index (χ1v) is 9.27. The molecule has 26 heavy (non-hydrogen) atoms. The van der Waals surface area contributed by atoms with E-state index in [1.165, 1.54) is 17.2 Å². The lowest BCUT2D eigenvalue weighted by atomic mass is 9.50. The van der Waals surface area contributed by atoms with E-state index in [4.69, 9.17) is 9.84 Å². The molecule has 3 aliphatic rings. The third-order valence-corrected chi connectivity index (χ3v) is 7.20. The van der Waals surface area contributed by atoms with Gasteiger partial charge in [0, 0.05) is 28.2 Å². The van der Waals surface area contributed by atoms with Crippen molar-refractivity contribution in [3.05, 3.63) is 47.1 Å². The Morgan fingerprint density at radius 3 is 2.50 bits per heavy atom. The monoisotopic (exact) mass is 358 g/mol. The van der Waals surface area contributed by atoms with Crippen LogP contribution < -0.4 is 0 Å². The Kier molecular flexibility index (Phi) is 4.36. The summed E-state index contributed by atoms with van der Waals surface area (Å²) in [5.41, 5.74) is 2.35. The summed E-state index contributed by atoms with van der Waals surface area (Å²) in [5.74, 6) is -0.837. The number of aliphatic hydroxyl groups excluding tert-OH is 1. The van der Waals surface area contributed by atoms with Gasteiger partial charge in [-0.2, -0.15) is 0 Å². The molecule has 0 aromatic rings. The van der Waals surface area contributed by atoms with Crippen LogP contribution in [-0.2, 0) is 9.53 Å². The maximum absolute atomic E-state index is 11.2. The van der Waals surface area contributed by atoms with Crippen molar-refractivity contribution in [2.75, 3.05) is 6.61 Å². The van der Waals surface area contributed by atoms with Crippen molar-refractivity contribution in [1.82, 2.24) is 0 Å². The minimum absolute atomic E-state index is 0.0526. The summed E-state index contributed by atoms with van der Waals surface area (Å²) in [6.07, 6.45) is 9.22. The van der Waals surface area contributed by atoms with Crippen molar-refractivity contribution >= 4 is 5.97 Å². The minimum atomic E-state index is -0.954. The van der Waals surface area contributed by atoms with E-state index in [1.807, 2.05) is 13.0 Å². The van der Waals surface area contributed by atoms with Crippen LogP contribution in [0.3, 0.4) is 0 Å². The van der Waals surface area contributed by atoms with Crippen molar-refractivity contribution in [1.29, 1.82) is 0 Å². The Hall–Kier alpha value is -1.65. The summed E-state index contributed by atoms with van der Waals surface area (Å²) in [7, 11) is 0. The normalized spacial score (nSPS) is 44.9. The second kappa shape index (κ2) is 5.93. The van der Waals surface area contributed by atoms with E-state index in [2.05, 4.69) is 46.8 Å². The number of carbonyl (C=O) groups is 1. The second-order valence-electron chi connectivity index (χ2n) is 8.73. The molecular formula is C22H30O4. The van der Waals surface area contributed by atoms with Gasteiger partial charge in [0.1, 0.15) is 0 Å². The molecule has 6 atom stereocenters. The molecule has 4 nitrogen and oxygen atoms in total. The van der Waals surface area contributed by atoms with Crippen molar-refractivity contribution in [3.8, 4) is 0 Å². The van der Waals surface area contributed by atoms with E-state index in [0.717, 1.165) is 5.57 Å². The predicted molar refractivity (Wildman–Crippen MR) is 102 cm³/mol. The van der Waals surface area contributed by atoms with Gasteiger partial charge in [-0.05, 0) is 31.9 Å². The van der Waals surface area contributed by atoms with E-state index in [0.29, 0.717) is 0 Å². The average Bonchev–Trinajstić information content (AvgIpc) is 2.92. The summed E-state index contributed by atoms with van der Waals surface area (Å²) in [5, 5.41) is 19.2. The van der Waals surface area contributed by atoms with Crippen LogP contribution in [0, 0.1) is 22.2 Å². The Labute approximate surface area is 155 Å². The molecule has 1 saturated heterocycles. The molecule has 0 aromatic heterocycles. The quantitative estimate of drug-likeness (QED) is 0.591. The van der Waals surface area contributed by atoms with Gasteiger partial charge in [0.2, 0.25) is 0 Å². The molecule has 0 unspecified atom stereocenters. The van der Waals surface area contributed by atoms with Gasteiger partial charge in [0.15, 0.2) is 0 Å². The van der Waals surface area contributed by atoms with E-state index >= 15 is 0 Å². The molecule has 0 bridgehead atoms. The van der Waals surface area contributed by atoms with Gasteiger partial charge in [-0.1, -0.05) is 50.6 Å². The van der Waals surface area contributed by atoms with Crippen LogP contribution in [0.4, 0.5) is 0 Å². The molecule has 4 heteroatoms. The van der Waals surface area contributed by atoms with Gasteiger partial charge in [0.05, 0.1) is 18.8 Å². The highest BCUT2D eigenvalue weighted by Gasteiger charge is 2.71. The standard InChI is InChI=1S/C22H30O4/c1-7-13(2)18-21(5)10-14(3)17-20(4,9-8-16(24)25)11-15(12-23)19(26-18)22(17,21)6/h7-11,17-19,23H,12H2,1-6H3,(H,24,25)/b9-8+,13-7-/t17-,18-,19+,20-,21+,22-/m1/s1. The number of hydrogen-bond donors (Lipinski definition) is 2. The maximum atomic E-state index is 11.2. The van der Waals surface area contributed by atoms with E-state index in [1.54, 1.807) is 6.08 Å². The first-order valence-electron chi connectivity index (χ1n) is 9.27. The molecular weight excluding hydrogens is 328 g/mol. The van der Waals surface area contributed by atoms with Crippen LogP contribution in [0.2, 0.25) is 0 Å². The van der Waals surface area contributed by atoms with Crippen LogP contribution in [0.5, 0.6) is 0 Å². The number of carboxylic acid groups (broad SMARTS) is 1. The van der Waals surface area contributed by atoms with Crippen molar-refractivity contribution in [2.24, 2.45) is 22.2 Å². The van der Waals surface area contributed by atoms with Crippen molar-refractivity contribution in [2.45, 2.75) is 53.8 Å². The number of aliphatic hydroxyl groups is 1. The van der Waals surface area contributed by atoms with Gasteiger partial charge in [-0.15, -0.1) is 0 Å². The Morgan fingerprint density at radius 2 is 1.96 bits per heavy atom. The molecule has 2 aliphatic carbocycles. The van der Waals surface area contributed by atoms with Crippen LogP contribution in [0.15, 0.2) is 47.1 Å². The predicted octanol–water partition coefficient (Wildman–Crippen LogP) is 3.89. The first-order chi connectivity index (χ1) is 12.0. The number of carboxylic acids is 1. The smallest absolute Gasteiger partial charge is 0.328 e. The lowest BCUT2D eigenvalue weighted by Gasteiger charge is -2.52. The number of hydrogen-bond acceptors (Lipinski definition) is 3. The van der Waals surface area contributed by atoms with Crippen LogP contribution in [-0.4, -0.2) is 35.0 Å². The van der Waals surface area contributed by atoms with Crippen LogP contribution in [0.25, 0.3) is 0 Å². The van der Waals surface area contributed by atoms with E-state index < -0.39 is 11.4 Å². The molecule has 0 spiro atoms. The van der Waals surface area contributed by atoms with Gasteiger partial charge in [0.25, 0.3) is 0 Å². The molecule has 1 fully saturated rings. The van der Waals surface area contributed by atoms with Crippen molar-refractivity contribution in [3.63, 3.8) is 0 Å². The Balaban J connectivity index is 2.24. The molecule has 0 saturated carbocycles. The molecule has 3 rings (SSSR count). The average molecular weight is 358 g/mol. The third-order valence-electron chi connectivity index (χ3n) is 7.20. The van der Waals surface area contributed by atoms with Crippen LogP contribution >= 0.6 is 0 Å². The highest BCUT2D eigenvalue weighted by molar-refractivity contribution is 5.80. The summed E-state index contributed by atoms with van der Waals surface area (Å²) >= 11 is 0. The fourth-order valence-electron chi connectivity index (χ4n) is 6.13. The zero-order chi connectivity index (χ0) is 19.5. The topological polar surface area (TPSA) is 66.8 Å². The molecule has 0 aromatic carbocycles. The maximum Gasteiger partial charge on any atom is 0.328 e. The summed E-state index contributed by atoms with van der Waals surface area (Å²) in [6.45, 7) is 12.7. The molecule has 2 N–H and O–H groups in total. The first kappa shape index (κ1) is 19.1. The van der Waals surface area contributed by atoms with Crippen molar-refractivity contribution < 1.29 is 19.7 Å². The fourth-order valence-corrected chi connectivity index (χ4v) is 6.13. The Bertz CT molecular complexity index is 758. The van der Waals surface area contributed by atoms with Crippen LogP contribution in [0.1, 0.15) is 41.5 Å². The van der Waals surface area contributed by atoms with Gasteiger partial charge < -0.3 is 14.9 Å². The summed E-state index contributed by atoms with van der Waals surface area (Å²) in [6, 6.07) is 0. The number of rotatable bonds is 4. The molecule has 0 radical (unpaired) electrons. The lowest BCUT2D eigenvalue weighted by Crippen LogP contribution is -2.52. The number of ether oxygens (including phenoxy) is 1. The molecule has 0 amide bonds. The molecule has 1 heterocycles. The Morgan fingerprint density at radius 1 is 1.31 bits per heavy atom. The van der Waals surface area contributed by atoms with E-state index in [9.17, 15) is 9.90 Å². The zero-order valence-electron chi connectivity index (χ0n) is 16.5. The highest BCUT2D eigenvalue weighted by Crippen LogP contribution is 2.71. The summed E-state index contributed by atoms with van der Waals surface area (Å²) < 4.78 is 6.55. The molecule has 1 aliphatic heterocycles. The van der Waals surface area contributed by atoms with E-state index in [-0.39, 0.29) is 35.6 Å². The van der Waals surface area contributed by atoms with Gasteiger partial charge >= 0.3 is 5.97 Å². The zero-order valence-corrected chi connectivity index (χ0v) is 16.5. The SMILES string of the molecule is C/C=C(/C)[C@H]1O[C@H]2C(CO)=C[C@@](C)(/C=C/C(=O)O)[C@H]3C(C)=C[C@]1(C)[C@@]23C. The molecule has 142 valence electrons. The summed E-state index contributed by atoms with van der Waals surface area (Å²) in [4.78, 5) is 11.2. The van der Waals surface area contributed by atoms with Gasteiger partial charge in [-0.3, -0.25) is 0 Å². The lowest BCUT2D eigenvalue weighted by molar-refractivity contribution is -0.131. The minimum Gasteiger partial charge on any atom is -0.478 e. The fraction of sp³-hybridized carbons (Fsp3) is 0.591. The van der Waals surface area contributed by atoms with Gasteiger partial charge in [-0.25, -0.2) is 4.79 Å². The number of aliphatic carboxylic acids is 1. The second-order valence-corrected chi connectivity index (χ2v) is 8.73. The largest absolute Gasteiger partial charge is 0.478 e. The third kappa shape index (κ3) is 2.25.